The maximum atomic E-state index is 13.9. The van der Waals surface area contributed by atoms with E-state index in [2.05, 4.69) is 0 Å². The number of halogens is 2. The van der Waals surface area contributed by atoms with Crippen molar-refractivity contribution in [2.45, 2.75) is 19.4 Å². The molecule has 21 heavy (non-hydrogen) atoms. The van der Waals surface area contributed by atoms with Crippen molar-refractivity contribution in [3.63, 3.8) is 0 Å². The zero-order valence-corrected chi connectivity index (χ0v) is 10.8. The molecule has 0 saturated heterocycles. The van der Waals surface area contributed by atoms with Crippen LogP contribution in [0.3, 0.4) is 0 Å². The lowest BCUT2D eigenvalue weighted by molar-refractivity contribution is 0.0694. The standard InChI is InChI=1S/C14H9F2NO4/c1-5-2-9(18)10-11(16)8(15)3-6-12(10)17(5)4-7(13(6)19)14(20)21/h3-5H,2H2,1H3,(H,20,21)/t5-/m0/s1. The molecule has 0 saturated carbocycles. The number of carbonyl (C=O) groups is 2. The lowest BCUT2D eigenvalue weighted by Crippen LogP contribution is -2.27. The van der Waals surface area contributed by atoms with Gasteiger partial charge in [0.2, 0.25) is 5.43 Å². The van der Waals surface area contributed by atoms with Crippen LogP contribution in [0.25, 0.3) is 10.9 Å². The first-order valence-corrected chi connectivity index (χ1v) is 6.16. The topological polar surface area (TPSA) is 76.4 Å². The minimum absolute atomic E-state index is 0.0485. The molecule has 1 N–H and O–H groups in total. The van der Waals surface area contributed by atoms with Crippen molar-refractivity contribution in [1.29, 1.82) is 0 Å². The largest absolute Gasteiger partial charge is 0.477 e. The molecule has 0 fully saturated rings. The first-order valence-electron chi connectivity index (χ1n) is 6.16. The first kappa shape index (κ1) is 13.4. The zero-order valence-electron chi connectivity index (χ0n) is 10.8. The zero-order chi connectivity index (χ0) is 15.5. The van der Waals surface area contributed by atoms with E-state index in [0.29, 0.717) is 6.07 Å². The highest BCUT2D eigenvalue weighted by molar-refractivity contribution is 6.09. The number of carbonyl (C=O) groups excluding carboxylic acids is 1. The molecule has 1 aliphatic heterocycles. The lowest BCUT2D eigenvalue weighted by Gasteiger charge is -2.25. The number of carboxylic acid groups (broad SMARTS) is 1. The molecule has 5 nitrogen and oxygen atoms in total. The minimum Gasteiger partial charge on any atom is -0.477 e. The second kappa shape index (κ2) is 4.21. The number of aromatic nitrogens is 1. The Morgan fingerprint density at radius 3 is 2.67 bits per heavy atom. The second-order valence-corrected chi connectivity index (χ2v) is 5.00. The van der Waals surface area contributed by atoms with E-state index >= 15 is 0 Å². The molecule has 0 unspecified atom stereocenters. The number of hydrogen-bond acceptors (Lipinski definition) is 3. The molecular formula is C14H9F2NO4. The van der Waals surface area contributed by atoms with Crippen molar-refractivity contribution in [3.8, 4) is 0 Å². The Morgan fingerprint density at radius 2 is 2.05 bits per heavy atom. The van der Waals surface area contributed by atoms with Crippen molar-refractivity contribution < 1.29 is 23.5 Å². The molecule has 1 atom stereocenters. The second-order valence-electron chi connectivity index (χ2n) is 5.00. The number of pyridine rings is 1. The van der Waals surface area contributed by atoms with Gasteiger partial charge in [0, 0.05) is 18.7 Å². The summed E-state index contributed by atoms with van der Waals surface area (Å²) in [4.78, 5) is 35.2. The van der Waals surface area contributed by atoms with E-state index in [4.69, 9.17) is 5.11 Å². The van der Waals surface area contributed by atoms with Gasteiger partial charge in [0.15, 0.2) is 17.4 Å². The predicted octanol–water partition coefficient (Wildman–Crippen LogP) is 2.13. The molecule has 2 heterocycles. The van der Waals surface area contributed by atoms with E-state index < -0.39 is 46.0 Å². The third kappa shape index (κ3) is 1.70. The summed E-state index contributed by atoms with van der Waals surface area (Å²) in [6.07, 6.45) is 0.982. The van der Waals surface area contributed by atoms with Crippen LogP contribution in [-0.4, -0.2) is 21.4 Å². The molecule has 3 rings (SSSR count). The van der Waals surface area contributed by atoms with E-state index in [1.54, 1.807) is 6.92 Å². The van der Waals surface area contributed by atoms with Gasteiger partial charge in [-0.15, -0.1) is 0 Å². The number of carboxylic acids is 1. The van der Waals surface area contributed by atoms with Crippen LogP contribution in [0.4, 0.5) is 8.78 Å². The summed E-state index contributed by atoms with van der Waals surface area (Å²) in [5.74, 6) is -4.71. The summed E-state index contributed by atoms with van der Waals surface area (Å²) < 4.78 is 28.8. The van der Waals surface area contributed by atoms with Crippen LogP contribution >= 0.6 is 0 Å². The maximum Gasteiger partial charge on any atom is 0.341 e. The van der Waals surface area contributed by atoms with Gasteiger partial charge in [0.25, 0.3) is 0 Å². The fourth-order valence-corrected chi connectivity index (χ4v) is 2.69. The molecule has 1 aromatic heterocycles. The highest BCUT2D eigenvalue weighted by Crippen LogP contribution is 2.32. The van der Waals surface area contributed by atoms with Crippen molar-refractivity contribution in [1.82, 2.24) is 4.57 Å². The fraction of sp³-hybridized carbons (Fsp3) is 0.214. The summed E-state index contributed by atoms with van der Waals surface area (Å²) >= 11 is 0. The van der Waals surface area contributed by atoms with Crippen LogP contribution in [0.5, 0.6) is 0 Å². The number of rotatable bonds is 1. The summed E-state index contributed by atoms with van der Waals surface area (Å²) in [5, 5.41) is 8.74. The maximum absolute atomic E-state index is 13.9. The van der Waals surface area contributed by atoms with E-state index in [1.807, 2.05) is 0 Å². The molecular weight excluding hydrogens is 284 g/mol. The van der Waals surface area contributed by atoms with Gasteiger partial charge in [-0.2, -0.15) is 0 Å². The van der Waals surface area contributed by atoms with Gasteiger partial charge in [-0.05, 0) is 13.0 Å². The van der Waals surface area contributed by atoms with Crippen LogP contribution < -0.4 is 5.43 Å². The molecule has 2 aromatic rings. The monoisotopic (exact) mass is 293 g/mol. The quantitative estimate of drug-likeness (QED) is 0.873. The lowest BCUT2D eigenvalue weighted by atomic mass is 9.94. The Kier molecular flexibility index (Phi) is 2.69. The Hall–Kier alpha value is -2.57. The van der Waals surface area contributed by atoms with Gasteiger partial charge in [0.1, 0.15) is 5.56 Å². The Balaban J connectivity index is 2.62. The molecule has 1 aromatic carbocycles. The van der Waals surface area contributed by atoms with Crippen molar-refractivity contribution in [3.05, 3.63) is 45.2 Å². The number of Topliss-reactive ketones (excluding diaryl/α,β-unsaturated/α-hetero) is 1. The van der Waals surface area contributed by atoms with Gasteiger partial charge >= 0.3 is 5.97 Å². The van der Waals surface area contributed by atoms with E-state index in [-0.39, 0.29) is 17.3 Å². The Morgan fingerprint density at radius 1 is 1.38 bits per heavy atom. The molecule has 0 radical (unpaired) electrons. The van der Waals surface area contributed by atoms with Gasteiger partial charge < -0.3 is 9.67 Å². The molecule has 1 aliphatic rings. The number of nitrogens with zero attached hydrogens (tertiary/aromatic N) is 1. The van der Waals surface area contributed by atoms with Gasteiger partial charge in [-0.25, -0.2) is 13.6 Å². The molecule has 108 valence electrons. The molecule has 0 spiro atoms. The summed E-state index contributed by atoms with van der Waals surface area (Å²) in [6, 6.07) is 0.196. The number of aromatic carboxylic acids is 1. The van der Waals surface area contributed by atoms with Crippen LogP contribution in [0.1, 0.15) is 40.1 Å². The Bertz CT molecular complexity index is 885. The number of ketones is 1. The summed E-state index contributed by atoms with van der Waals surface area (Å²) in [5.41, 5.74) is -2.01. The predicted molar refractivity (Wildman–Crippen MR) is 68.7 cm³/mol. The first-order chi connectivity index (χ1) is 9.82. The third-order valence-corrected chi connectivity index (χ3v) is 3.67. The Labute approximate surface area is 116 Å². The van der Waals surface area contributed by atoms with Gasteiger partial charge in [-0.3, -0.25) is 9.59 Å². The highest BCUT2D eigenvalue weighted by Gasteiger charge is 2.31. The third-order valence-electron chi connectivity index (χ3n) is 3.67. The number of hydrogen-bond donors (Lipinski definition) is 1. The van der Waals surface area contributed by atoms with Crippen LogP contribution in [0, 0.1) is 11.6 Å². The van der Waals surface area contributed by atoms with E-state index in [0.717, 1.165) is 6.20 Å². The van der Waals surface area contributed by atoms with Crippen molar-refractivity contribution in [2.75, 3.05) is 0 Å². The van der Waals surface area contributed by atoms with Crippen molar-refractivity contribution >= 4 is 22.7 Å². The summed E-state index contributed by atoms with van der Waals surface area (Å²) in [6.45, 7) is 1.64. The van der Waals surface area contributed by atoms with E-state index in [9.17, 15) is 23.2 Å². The molecule has 0 bridgehead atoms. The van der Waals surface area contributed by atoms with Crippen LogP contribution in [0.15, 0.2) is 17.1 Å². The van der Waals surface area contributed by atoms with Gasteiger partial charge in [0.05, 0.1) is 16.5 Å². The molecule has 7 heteroatoms. The SMILES string of the molecule is C[C@H]1CC(=O)c2c(F)c(F)cc3c(=O)c(C(=O)O)cn1c23. The van der Waals surface area contributed by atoms with Crippen LogP contribution in [-0.2, 0) is 0 Å². The average Bonchev–Trinajstić information content (AvgIpc) is 2.40. The number of benzene rings is 1. The van der Waals surface area contributed by atoms with Crippen molar-refractivity contribution in [2.24, 2.45) is 0 Å². The highest BCUT2D eigenvalue weighted by atomic mass is 19.2. The fourth-order valence-electron chi connectivity index (χ4n) is 2.69. The molecule has 0 amide bonds. The summed E-state index contributed by atoms with van der Waals surface area (Å²) in [7, 11) is 0. The van der Waals surface area contributed by atoms with E-state index in [1.165, 1.54) is 4.57 Å². The molecule has 0 aliphatic carbocycles. The van der Waals surface area contributed by atoms with Crippen LogP contribution in [0.2, 0.25) is 0 Å². The average molecular weight is 293 g/mol. The normalized spacial score (nSPS) is 17.3. The minimum atomic E-state index is -1.46. The van der Waals surface area contributed by atoms with Gasteiger partial charge in [-0.1, -0.05) is 0 Å². The smallest absolute Gasteiger partial charge is 0.341 e.